The Bertz CT molecular complexity index is 535. The Hall–Kier alpha value is -1.01. The third-order valence-corrected chi connectivity index (χ3v) is 4.23. The van der Waals surface area contributed by atoms with Gasteiger partial charge in [-0.1, -0.05) is 19.9 Å². The quantitative estimate of drug-likeness (QED) is 0.572. The largest absolute Gasteiger partial charge is 0.504 e. The van der Waals surface area contributed by atoms with E-state index in [1.54, 1.807) is 12.1 Å². The number of nitrogens with one attached hydrogen (secondary N) is 1. The second-order valence-electron chi connectivity index (χ2n) is 6.59. The summed E-state index contributed by atoms with van der Waals surface area (Å²) in [7, 11) is 0. The number of phenolic OH excluding ortho intramolecular Hbond substituents is 1. The fourth-order valence-corrected chi connectivity index (χ4v) is 3.03. The SMILES string of the molecule is CC(=O)Oc1ccc([C@@H](CCC(C)C)N2CCNCC2)cc1O.Cl.Cl. The molecule has 2 N–H and O–H groups in total. The molecule has 1 aliphatic rings. The number of halogens is 2. The maximum Gasteiger partial charge on any atom is 0.308 e. The molecule has 144 valence electrons. The Morgan fingerprint density at radius 2 is 1.88 bits per heavy atom. The Kier molecular flexibility index (Phi) is 11.1. The second kappa shape index (κ2) is 11.6. The molecular weight excluding hydrogens is 363 g/mol. The third-order valence-electron chi connectivity index (χ3n) is 4.23. The van der Waals surface area contributed by atoms with Crippen LogP contribution in [0.15, 0.2) is 18.2 Å². The van der Waals surface area contributed by atoms with Gasteiger partial charge >= 0.3 is 5.97 Å². The van der Waals surface area contributed by atoms with Gasteiger partial charge in [-0.25, -0.2) is 0 Å². The van der Waals surface area contributed by atoms with Gasteiger partial charge in [-0.2, -0.15) is 0 Å². The molecule has 2 rings (SSSR count). The highest BCUT2D eigenvalue weighted by atomic mass is 35.5. The molecule has 1 aliphatic heterocycles. The van der Waals surface area contributed by atoms with Crippen LogP contribution in [0.5, 0.6) is 11.5 Å². The first-order valence-electron chi connectivity index (χ1n) is 8.43. The standard InChI is InChI=1S/C18H28N2O3.2ClH/c1-13(2)4-6-16(20-10-8-19-9-11-20)15-5-7-18(17(22)12-15)23-14(3)21;;/h5,7,12-13,16,19,22H,4,6,8-11H2,1-3H3;2*1H/t16-;;/m1../s1. The van der Waals surface area contributed by atoms with Crippen molar-refractivity contribution in [1.82, 2.24) is 10.2 Å². The van der Waals surface area contributed by atoms with Crippen molar-refractivity contribution >= 4 is 30.8 Å². The monoisotopic (exact) mass is 392 g/mol. The number of phenols is 1. The van der Waals surface area contributed by atoms with Crippen LogP contribution in [0.1, 0.15) is 45.2 Å². The predicted molar refractivity (Wildman–Crippen MR) is 105 cm³/mol. The van der Waals surface area contributed by atoms with Crippen LogP contribution in [0.25, 0.3) is 0 Å². The molecule has 0 aromatic heterocycles. The molecule has 1 fully saturated rings. The number of ether oxygens (including phenoxy) is 1. The van der Waals surface area contributed by atoms with Gasteiger partial charge in [0.25, 0.3) is 0 Å². The van der Waals surface area contributed by atoms with Crippen molar-refractivity contribution in [2.24, 2.45) is 5.92 Å². The van der Waals surface area contributed by atoms with Crippen molar-refractivity contribution in [1.29, 1.82) is 0 Å². The number of nitrogens with zero attached hydrogens (tertiary/aromatic N) is 1. The predicted octanol–water partition coefficient (Wildman–Crippen LogP) is 3.54. The van der Waals surface area contributed by atoms with E-state index in [0.717, 1.165) is 44.6 Å². The smallest absolute Gasteiger partial charge is 0.308 e. The number of piperazine rings is 1. The lowest BCUT2D eigenvalue weighted by atomic mass is 9.95. The van der Waals surface area contributed by atoms with Crippen molar-refractivity contribution in [3.8, 4) is 11.5 Å². The van der Waals surface area contributed by atoms with Gasteiger partial charge in [-0.3, -0.25) is 9.69 Å². The van der Waals surface area contributed by atoms with E-state index in [1.165, 1.54) is 6.92 Å². The maximum absolute atomic E-state index is 11.1. The first-order valence-corrected chi connectivity index (χ1v) is 8.43. The summed E-state index contributed by atoms with van der Waals surface area (Å²) in [5.74, 6) is 0.479. The highest BCUT2D eigenvalue weighted by molar-refractivity contribution is 5.85. The van der Waals surface area contributed by atoms with Crippen molar-refractivity contribution < 1.29 is 14.6 Å². The molecule has 25 heavy (non-hydrogen) atoms. The number of carbonyl (C=O) groups excluding carboxylic acids is 1. The van der Waals surface area contributed by atoms with E-state index >= 15 is 0 Å². The molecule has 0 aliphatic carbocycles. The molecule has 7 heteroatoms. The first-order chi connectivity index (χ1) is 11.0. The van der Waals surface area contributed by atoms with E-state index in [9.17, 15) is 9.90 Å². The first kappa shape index (κ1) is 24.0. The zero-order valence-electron chi connectivity index (χ0n) is 15.2. The van der Waals surface area contributed by atoms with E-state index in [1.807, 2.05) is 6.07 Å². The normalized spacial score (nSPS) is 15.8. The van der Waals surface area contributed by atoms with E-state index in [4.69, 9.17) is 4.74 Å². The summed E-state index contributed by atoms with van der Waals surface area (Å²) in [5.41, 5.74) is 1.08. The van der Waals surface area contributed by atoms with E-state index < -0.39 is 5.97 Å². The Morgan fingerprint density at radius 3 is 2.40 bits per heavy atom. The molecular formula is C18H30Cl2N2O3. The van der Waals surface area contributed by atoms with Crippen LogP contribution in [0.4, 0.5) is 0 Å². The molecule has 0 saturated carbocycles. The average Bonchev–Trinajstić information content (AvgIpc) is 2.50. The Morgan fingerprint density at radius 1 is 1.24 bits per heavy atom. The van der Waals surface area contributed by atoms with Crippen LogP contribution in [0, 0.1) is 5.92 Å². The number of hydrogen-bond donors (Lipinski definition) is 2. The lowest BCUT2D eigenvalue weighted by Gasteiger charge is -2.35. The molecule has 0 amide bonds. The van der Waals surface area contributed by atoms with Crippen LogP contribution < -0.4 is 10.1 Å². The topological polar surface area (TPSA) is 61.8 Å². The third kappa shape index (κ3) is 7.40. The molecule has 1 aromatic carbocycles. The number of benzene rings is 1. The Balaban J connectivity index is 0.00000288. The van der Waals surface area contributed by atoms with Crippen LogP contribution >= 0.6 is 24.8 Å². The summed E-state index contributed by atoms with van der Waals surface area (Å²) in [6.45, 7) is 9.81. The maximum atomic E-state index is 11.1. The van der Waals surface area contributed by atoms with Crippen LogP contribution in [0.3, 0.4) is 0 Å². The highest BCUT2D eigenvalue weighted by Gasteiger charge is 2.23. The molecule has 0 unspecified atom stereocenters. The van der Waals surface area contributed by atoms with Gasteiger partial charge < -0.3 is 15.2 Å². The minimum atomic E-state index is -0.425. The molecule has 1 atom stereocenters. The molecule has 1 aromatic rings. The molecule has 1 saturated heterocycles. The number of rotatable bonds is 6. The summed E-state index contributed by atoms with van der Waals surface area (Å²) in [6, 6.07) is 5.68. The number of aromatic hydroxyl groups is 1. The number of carbonyl (C=O) groups is 1. The van der Waals surface area contributed by atoms with Gasteiger partial charge in [-0.15, -0.1) is 24.8 Å². The molecule has 5 nitrogen and oxygen atoms in total. The average molecular weight is 393 g/mol. The summed E-state index contributed by atoms with van der Waals surface area (Å²) in [6.07, 6.45) is 2.20. The van der Waals surface area contributed by atoms with Crippen LogP contribution in [-0.4, -0.2) is 42.2 Å². The molecule has 0 spiro atoms. The van der Waals surface area contributed by atoms with Crippen LogP contribution in [0.2, 0.25) is 0 Å². The van der Waals surface area contributed by atoms with E-state index in [-0.39, 0.29) is 42.4 Å². The zero-order valence-corrected chi connectivity index (χ0v) is 16.8. The number of esters is 1. The van der Waals surface area contributed by atoms with Crippen molar-refractivity contribution in [2.75, 3.05) is 26.2 Å². The Labute approximate surface area is 162 Å². The lowest BCUT2D eigenvalue weighted by molar-refractivity contribution is -0.132. The summed E-state index contributed by atoms with van der Waals surface area (Å²) in [5, 5.41) is 13.5. The van der Waals surface area contributed by atoms with Crippen molar-refractivity contribution in [3.05, 3.63) is 23.8 Å². The zero-order chi connectivity index (χ0) is 16.8. The second-order valence-corrected chi connectivity index (χ2v) is 6.59. The van der Waals surface area contributed by atoms with Crippen LogP contribution in [-0.2, 0) is 4.79 Å². The molecule has 1 heterocycles. The van der Waals surface area contributed by atoms with E-state index in [0.29, 0.717) is 5.92 Å². The van der Waals surface area contributed by atoms with Gasteiger partial charge in [0.05, 0.1) is 0 Å². The number of hydrogen-bond acceptors (Lipinski definition) is 5. The van der Waals surface area contributed by atoms with E-state index in [2.05, 4.69) is 24.1 Å². The summed E-state index contributed by atoms with van der Waals surface area (Å²) in [4.78, 5) is 13.5. The fourth-order valence-electron chi connectivity index (χ4n) is 3.03. The van der Waals surface area contributed by atoms with Gasteiger partial charge in [0.2, 0.25) is 0 Å². The molecule has 0 radical (unpaired) electrons. The molecule has 0 bridgehead atoms. The van der Waals surface area contributed by atoms with Gasteiger partial charge in [0.15, 0.2) is 11.5 Å². The minimum absolute atomic E-state index is 0. The summed E-state index contributed by atoms with van der Waals surface area (Å²) >= 11 is 0. The van der Waals surface area contributed by atoms with Gasteiger partial charge in [0.1, 0.15) is 0 Å². The van der Waals surface area contributed by atoms with Crippen molar-refractivity contribution in [3.63, 3.8) is 0 Å². The van der Waals surface area contributed by atoms with Gasteiger partial charge in [-0.05, 0) is 36.5 Å². The summed E-state index contributed by atoms with van der Waals surface area (Å²) < 4.78 is 5.01. The van der Waals surface area contributed by atoms with Crippen molar-refractivity contribution in [2.45, 2.75) is 39.7 Å². The highest BCUT2D eigenvalue weighted by Crippen LogP contribution is 2.34. The minimum Gasteiger partial charge on any atom is -0.504 e. The lowest BCUT2D eigenvalue weighted by Crippen LogP contribution is -2.45. The van der Waals surface area contributed by atoms with Gasteiger partial charge in [0, 0.05) is 39.1 Å². The fraction of sp³-hybridized carbons (Fsp3) is 0.611.